The summed E-state index contributed by atoms with van der Waals surface area (Å²) in [6.07, 6.45) is 8.93. The van der Waals surface area contributed by atoms with E-state index in [0.29, 0.717) is 30.5 Å². The molecule has 1 heterocycles. The van der Waals surface area contributed by atoms with Crippen molar-refractivity contribution < 1.29 is 9.18 Å². The highest BCUT2D eigenvalue weighted by molar-refractivity contribution is 6.21. The topological polar surface area (TPSA) is 30.0 Å². The quantitative estimate of drug-likeness (QED) is 0.418. The Kier molecular flexibility index (Phi) is 6.81. The van der Waals surface area contributed by atoms with Gasteiger partial charge >= 0.3 is 0 Å². The largest absolute Gasteiger partial charge is 0.299 e. The van der Waals surface area contributed by atoms with Crippen molar-refractivity contribution in [2.24, 2.45) is 11.8 Å². The molecule has 2 nitrogen and oxygen atoms in total. The number of Topliss-reactive ketones (excluding diaryl/α,β-unsaturated/α-hetero) is 1. The summed E-state index contributed by atoms with van der Waals surface area (Å²) in [5.74, 6) is 1.55. The van der Waals surface area contributed by atoms with E-state index in [1.165, 1.54) is 31.7 Å². The van der Waals surface area contributed by atoms with Gasteiger partial charge in [0.05, 0.1) is 5.38 Å². The van der Waals surface area contributed by atoms with Gasteiger partial charge in [0, 0.05) is 30.7 Å². The minimum absolute atomic E-state index is 0.115. The number of carbonyl (C=O) groups is 1. The average molecular weight is 442 g/mol. The maximum atomic E-state index is 13.7. The van der Waals surface area contributed by atoms with Gasteiger partial charge in [-0.1, -0.05) is 51.7 Å². The smallest absolute Gasteiger partial charge is 0.137 e. The molecule has 4 unspecified atom stereocenters. The molecular weight excluding hydrogens is 409 g/mol. The maximum Gasteiger partial charge on any atom is 0.137 e. The van der Waals surface area contributed by atoms with Crippen LogP contribution in [0.1, 0.15) is 97.5 Å². The summed E-state index contributed by atoms with van der Waals surface area (Å²) in [5.41, 5.74) is 5.20. The molecule has 0 N–H and O–H groups in total. The maximum absolute atomic E-state index is 13.7. The van der Waals surface area contributed by atoms with Crippen LogP contribution in [0.15, 0.2) is 30.5 Å². The third-order valence-electron chi connectivity index (χ3n) is 7.77. The fourth-order valence-electron chi connectivity index (χ4n) is 5.80. The van der Waals surface area contributed by atoms with Crippen molar-refractivity contribution in [3.05, 3.63) is 64.2 Å². The zero-order valence-electron chi connectivity index (χ0n) is 18.8. The lowest BCUT2D eigenvalue weighted by atomic mass is 9.85. The Labute approximate surface area is 190 Å². The molecule has 2 aliphatic carbocycles. The molecule has 1 aromatic heterocycles. The molecule has 4 rings (SSSR count). The predicted octanol–water partition coefficient (Wildman–Crippen LogP) is 7.43. The number of aromatic nitrogens is 1. The van der Waals surface area contributed by atoms with Crippen LogP contribution in [0, 0.1) is 24.6 Å². The molecule has 2 aliphatic rings. The first-order valence-corrected chi connectivity index (χ1v) is 12.2. The highest BCUT2D eigenvalue weighted by Crippen LogP contribution is 2.50. The van der Waals surface area contributed by atoms with Crippen LogP contribution in [-0.2, 0) is 11.2 Å². The molecule has 1 aromatic carbocycles. The lowest BCUT2D eigenvalue weighted by Gasteiger charge is -2.21. The Morgan fingerprint density at radius 1 is 1.26 bits per heavy atom. The molecule has 31 heavy (non-hydrogen) atoms. The molecule has 4 atom stereocenters. The third-order valence-corrected chi connectivity index (χ3v) is 8.16. The summed E-state index contributed by atoms with van der Waals surface area (Å²) in [4.78, 5) is 17.6. The van der Waals surface area contributed by atoms with E-state index in [9.17, 15) is 9.18 Å². The fraction of sp³-hybridized carbons (Fsp3) is 0.556. The monoisotopic (exact) mass is 441 g/mol. The van der Waals surface area contributed by atoms with E-state index in [4.69, 9.17) is 16.6 Å². The Morgan fingerprint density at radius 3 is 2.71 bits per heavy atom. The first kappa shape index (κ1) is 22.5. The van der Waals surface area contributed by atoms with E-state index in [0.717, 1.165) is 34.4 Å². The molecule has 1 fully saturated rings. The number of halogens is 2. The van der Waals surface area contributed by atoms with Gasteiger partial charge in [-0.15, -0.1) is 11.6 Å². The van der Waals surface area contributed by atoms with Crippen LogP contribution in [-0.4, -0.2) is 10.8 Å². The van der Waals surface area contributed by atoms with Crippen molar-refractivity contribution >= 4 is 17.4 Å². The number of hydrogen-bond donors (Lipinski definition) is 0. The molecule has 0 radical (unpaired) electrons. The van der Waals surface area contributed by atoms with Crippen molar-refractivity contribution in [2.75, 3.05) is 0 Å². The van der Waals surface area contributed by atoms with Gasteiger partial charge in [-0.05, 0) is 65.5 Å². The van der Waals surface area contributed by atoms with Gasteiger partial charge in [-0.2, -0.15) is 0 Å². The van der Waals surface area contributed by atoms with Crippen LogP contribution < -0.4 is 0 Å². The highest BCUT2D eigenvalue weighted by atomic mass is 35.5. The number of fused-ring (bicyclic) bond motifs is 1. The van der Waals surface area contributed by atoms with Gasteiger partial charge in [0.1, 0.15) is 11.6 Å². The van der Waals surface area contributed by atoms with Crippen LogP contribution in [0.25, 0.3) is 0 Å². The van der Waals surface area contributed by atoms with Gasteiger partial charge in [0.25, 0.3) is 0 Å². The van der Waals surface area contributed by atoms with E-state index in [-0.39, 0.29) is 23.0 Å². The predicted molar refractivity (Wildman–Crippen MR) is 124 cm³/mol. The Hall–Kier alpha value is -1.74. The fourth-order valence-corrected chi connectivity index (χ4v) is 6.27. The highest BCUT2D eigenvalue weighted by Gasteiger charge is 2.37. The number of rotatable bonds is 7. The van der Waals surface area contributed by atoms with Crippen molar-refractivity contribution in [2.45, 2.75) is 82.9 Å². The molecule has 2 aromatic rings. The van der Waals surface area contributed by atoms with Gasteiger partial charge in [-0.25, -0.2) is 4.39 Å². The van der Waals surface area contributed by atoms with E-state index in [1.54, 1.807) is 12.1 Å². The summed E-state index contributed by atoms with van der Waals surface area (Å²) < 4.78 is 13.7. The molecule has 0 saturated heterocycles. The summed E-state index contributed by atoms with van der Waals surface area (Å²) in [7, 11) is 0. The Balaban J connectivity index is 1.51. The van der Waals surface area contributed by atoms with E-state index in [2.05, 4.69) is 20.8 Å². The number of hydrogen-bond acceptors (Lipinski definition) is 2. The molecule has 4 heteroatoms. The normalized spacial score (nSPS) is 23.0. The second-order valence-electron chi connectivity index (χ2n) is 9.80. The Morgan fingerprint density at radius 2 is 2.00 bits per heavy atom. The van der Waals surface area contributed by atoms with Crippen LogP contribution >= 0.6 is 11.6 Å². The molecular formula is C27H33ClFNO. The molecule has 166 valence electrons. The summed E-state index contributed by atoms with van der Waals surface area (Å²) in [6.45, 7) is 6.43. The standard InChI is InChI=1S/C27H33ClFNO/c1-16(19-7-4-5-8-19)11-23(31)13-21-15-30-27-24(14-25(28)26(27)18(21)3)17(2)20-9-6-10-22(29)12-20/h6,9-10,12,15-17,19,24-25H,4-5,7-8,11,13-14H2,1-3H3. The summed E-state index contributed by atoms with van der Waals surface area (Å²) >= 11 is 6.79. The first-order valence-electron chi connectivity index (χ1n) is 11.7. The second-order valence-corrected chi connectivity index (χ2v) is 10.3. The van der Waals surface area contributed by atoms with Crippen molar-refractivity contribution in [3.8, 4) is 0 Å². The van der Waals surface area contributed by atoms with Crippen LogP contribution in [0.4, 0.5) is 4.39 Å². The second kappa shape index (κ2) is 9.40. The number of alkyl halides is 1. The lowest BCUT2D eigenvalue weighted by Crippen LogP contribution is -2.16. The number of carbonyl (C=O) groups excluding carboxylic acids is 1. The van der Waals surface area contributed by atoms with Gasteiger partial charge < -0.3 is 0 Å². The van der Waals surface area contributed by atoms with Gasteiger partial charge in [0.15, 0.2) is 0 Å². The summed E-state index contributed by atoms with van der Waals surface area (Å²) in [5, 5.41) is -0.115. The molecule has 0 bridgehead atoms. The minimum Gasteiger partial charge on any atom is -0.299 e. The number of benzene rings is 1. The molecule has 1 saturated carbocycles. The van der Waals surface area contributed by atoms with E-state index < -0.39 is 0 Å². The van der Waals surface area contributed by atoms with E-state index >= 15 is 0 Å². The lowest BCUT2D eigenvalue weighted by molar-refractivity contribution is -0.119. The zero-order chi connectivity index (χ0) is 22.1. The minimum atomic E-state index is -0.213. The average Bonchev–Trinajstić information content (AvgIpc) is 3.38. The molecule has 0 amide bonds. The third kappa shape index (κ3) is 4.72. The molecule has 0 spiro atoms. The summed E-state index contributed by atoms with van der Waals surface area (Å²) in [6, 6.07) is 6.81. The number of ketones is 1. The number of nitrogens with zero attached hydrogens (tertiary/aromatic N) is 1. The van der Waals surface area contributed by atoms with Crippen LogP contribution in [0.5, 0.6) is 0 Å². The van der Waals surface area contributed by atoms with E-state index in [1.807, 2.05) is 12.3 Å². The van der Waals surface area contributed by atoms with Gasteiger partial charge in [0.2, 0.25) is 0 Å². The first-order chi connectivity index (χ1) is 14.8. The molecule has 0 aliphatic heterocycles. The zero-order valence-corrected chi connectivity index (χ0v) is 19.6. The van der Waals surface area contributed by atoms with Crippen LogP contribution in [0.3, 0.4) is 0 Å². The Bertz CT molecular complexity index is 952. The van der Waals surface area contributed by atoms with Crippen molar-refractivity contribution in [1.29, 1.82) is 0 Å². The van der Waals surface area contributed by atoms with Gasteiger partial charge in [-0.3, -0.25) is 9.78 Å². The number of pyridine rings is 1. The van der Waals surface area contributed by atoms with Crippen molar-refractivity contribution in [1.82, 2.24) is 4.98 Å². The SMILES string of the molecule is Cc1c(CC(=O)CC(C)C2CCCC2)cnc2c1C(Cl)CC2C(C)c1cccc(F)c1. The van der Waals surface area contributed by atoms with Crippen molar-refractivity contribution in [3.63, 3.8) is 0 Å². The van der Waals surface area contributed by atoms with Crippen LogP contribution in [0.2, 0.25) is 0 Å².